The van der Waals surface area contributed by atoms with Crippen molar-refractivity contribution in [1.82, 2.24) is 4.90 Å². The van der Waals surface area contributed by atoms with Gasteiger partial charge in [0, 0.05) is 25.0 Å². The van der Waals surface area contributed by atoms with Gasteiger partial charge in [0.05, 0.1) is 0 Å². The molecule has 3 N–H and O–H groups in total. The summed E-state index contributed by atoms with van der Waals surface area (Å²) in [7, 11) is 0. The first-order valence-electron chi connectivity index (χ1n) is 12.8. The average Bonchev–Trinajstić information content (AvgIpc) is 3.08. The molecular formula is C26H48N2O4. The van der Waals surface area contributed by atoms with Gasteiger partial charge in [0.25, 0.3) is 0 Å². The molecule has 6 nitrogen and oxygen atoms in total. The fraction of sp³-hybridized carbons (Fsp3) is 0.808. The van der Waals surface area contributed by atoms with Gasteiger partial charge in [-0.1, -0.05) is 96.5 Å². The molecular weight excluding hydrogens is 404 g/mol. The Morgan fingerprint density at radius 1 is 0.750 bits per heavy atom. The van der Waals surface area contributed by atoms with Crippen molar-refractivity contribution < 1.29 is 19.5 Å². The van der Waals surface area contributed by atoms with Crippen molar-refractivity contribution in [3.8, 4) is 0 Å². The monoisotopic (exact) mass is 452 g/mol. The normalized spacial score (nSPS) is 13.2. The number of nitrogens with zero attached hydrogens (tertiary/aromatic N) is 1. The smallest absolute Gasteiger partial charge is 0.330 e. The van der Waals surface area contributed by atoms with Crippen LogP contribution in [0.4, 0.5) is 0 Å². The molecule has 0 bridgehead atoms. The highest BCUT2D eigenvalue weighted by atomic mass is 16.4. The summed E-state index contributed by atoms with van der Waals surface area (Å²) in [5, 5.41) is 7.89. The predicted octanol–water partition coefficient (Wildman–Crippen LogP) is 5.98. The SMILES string of the molecule is C=C(C)C(=O)O.NCCCCCCCCCCCCCCCCCCN1C(=O)CCC1=O. The second-order valence-corrected chi connectivity index (χ2v) is 8.97. The first-order valence-corrected chi connectivity index (χ1v) is 12.8. The largest absolute Gasteiger partial charge is 0.478 e. The van der Waals surface area contributed by atoms with Gasteiger partial charge in [-0.15, -0.1) is 0 Å². The molecule has 1 heterocycles. The van der Waals surface area contributed by atoms with Gasteiger partial charge < -0.3 is 10.8 Å². The number of likely N-dealkylation sites (tertiary alicyclic amines) is 1. The van der Waals surface area contributed by atoms with Crippen molar-refractivity contribution in [2.45, 2.75) is 122 Å². The van der Waals surface area contributed by atoms with Crippen LogP contribution in [0, 0.1) is 0 Å². The summed E-state index contributed by atoms with van der Waals surface area (Å²) in [6, 6.07) is 0. The number of imide groups is 1. The predicted molar refractivity (Wildman–Crippen MR) is 131 cm³/mol. The van der Waals surface area contributed by atoms with Crippen LogP contribution in [0.5, 0.6) is 0 Å². The Morgan fingerprint density at radius 2 is 1.03 bits per heavy atom. The van der Waals surface area contributed by atoms with Gasteiger partial charge in [-0.3, -0.25) is 14.5 Å². The second-order valence-electron chi connectivity index (χ2n) is 8.97. The van der Waals surface area contributed by atoms with Gasteiger partial charge in [-0.25, -0.2) is 4.79 Å². The van der Waals surface area contributed by atoms with Crippen molar-refractivity contribution in [3.63, 3.8) is 0 Å². The van der Waals surface area contributed by atoms with Gasteiger partial charge in [0.2, 0.25) is 11.8 Å². The minimum absolute atomic E-state index is 0.0293. The molecule has 0 radical (unpaired) electrons. The first kappa shape index (κ1) is 30.3. The molecule has 32 heavy (non-hydrogen) atoms. The molecule has 2 amide bonds. The van der Waals surface area contributed by atoms with E-state index in [1.807, 2.05) is 0 Å². The highest BCUT2D eigenvalue weighted by Gasteiger charge is 2.27. The maximum Gasteiger partial charge on any atom is 0.330 e. The van der Waals surface area contributed by atoms with E-state index < -0.39 is 5.97 Å². The third-order valence-corrected chi connectivity index (χ3v) is 5.86. The molecule has 0 saturated carbocycles. The van der Waals surface area contributed by atoms with E-state index in [0.717, 1.165) is 19.4 Å². The molecule has 0 unspecified atom stereocenters. The highest BCUT2D eigenvalue weighted by molar-refractivity contribution is 6.01. The topological polar surface area (TPSA) is 101 Å². The Hall–Kier alpha value is -1.69. The van der Waals surface area contributed by atoms with E-state index >= 15 is 0 Å². The molecule has 0 atom stereocenters. The Bertz CT molecular complexity index is 506. The van der Waals surface area contributed by atoms with Gasteiger partial charge in [0.1, 0.15) is 0 Å². The number of carbonyl (C=O) groups excluding carboxylic acids is 2. The zero-order valence-corrected chi connectivity index (χ0v) is 20.5. The molecule has 6 heteroatoms. The van der Waals surface area contributed by atoms with E-state index in [1.54, 1.807) is 0 Å². The average molecular weight is 453 g/mol. The van der Waals surface area contributed by atoms with Crippen LogP contribution < -0.4 is 5.73 Å². The summed E-state index contributed by atoms with van der Waals surface area (Å²) in [6.45, 7) is 6.09. The van der Waals surface area contributed by atoms with Crippen LogP contribution in [0.3, 0.4) is 0 Å². The molecule has 1 fully saturated rings. The molecule has 186 valence electrons. The number of hydrogen-bond donors (Lipinski definition) is 2. The number of carbonyl (C=O) groups is 3. The van der Waals surface area contributed by atoms with E-state index in [4.69, 9.17) is 10.8 Å². The number of hydrogen-bond acceptors (Lipinski definition) is 4. The summed E-state index contributed by atoms with van der Waals surface area (Å²) >= 11 is 0. The summed E-state index contributed by atoms with van der Waals surface area (Å²) < 4.78 is 0. The number of rotatable bonds is 19. The zero-order valence-electron chi connectivity index (χ0n) is 20.5. The molecule has 0 spiro atoms. The summed E-state index contributed by atoms with van der Waals surface area (Å²) in [4.78, 5) is 34.0. The van der Waals surface area contributed by atoms with E-state index in [-0.39, 0.29) is 17.4 Å². The van der Waals surface area contributed by atoms with E-state index in [2.05, 4.69) is 6.58 Å². The highest BCUT2D eigenvalue weighted by Crippen LogP contribution is 2.15. The molecule has 0 aromatic rings. The van der Waals surface area contributed by atoms with Crippen molar-refractivity contribution >= 4 is 17.8 Å². The summed E-state index contributed by atoms with van der Waals surface area (Å²) in [6.07, 6.45) is 21.9. The molecule has 0 aliphatic carbocycles. The van der Waals surface area contributed by atoms with Crippen LogP contribution in [0.2, 0.25) is 0 Å². The minimum Gasteiger partial charge on any atom is -0.478 e. The molecule has 1 rings (SSSR count). The van der Waals surface area contributed by atoms with Crippen molar-refractivity contribution in [3.05, 3.63) is 12.2 Å². The second kappa shape index (κ2) is 21.2. The van der Waals surface area contributed by atoms with Gasteiger partial charge in [-0.2, -0.15) is 0 Å². The number of unbranched alkanes of at least 4 members (excludes halogenated alkanes) is 15. The van der Waals surface area contributed by atoms with Crippen molar-refractivity contribution in [1.29, 1.82) is 0 Å². The lowest BCUT2D eigenvalue weighted by Gasteiger charge is -2.13. The molecule has 1 aliphatic rings. The Labute approximate surface area is 196 Å². The lowest BCUT2D eigenvalue weighted by molar-refractivity contribution is -0.138. The van der Waals surface area contributed by atoms with Crippen LogP contribution in [-0.2, 0) is 14.4 Å². The van der Waals surface area contributed by atoms with Crippen LogP contribution in [0.1, 0.15) is 122 Å². The third-order valence-electron chi connectivity index (χ3n) is 5.86. The number of amides is 2. The Kier molecular flexibility index (Phi) is 20.1. The molecule has 1 aliphatic heterocycles. The van der Waals surface area contributed by atoms with Crippen LogP contribution in [-0.4, -0.2) is 40.9 Å². The van der Waals surface area contributed by atoms with E-state index in [9.17, 15) is 14.4 Å². The molecule has 0 aromatic carbocycles. The summed E-state index contributed by atoms with van der Waals surface area (Å²) in [5.74, 6) is -0.877. The fourth-order valence-electron chi connectivity index (χ4n) is 3.76. The van der Waals surface area contributed by atoms with Gasteiger partial charge in [0.15, 0.2) is 0 Å². The maximum absolute atomic E-state index is 11.5. The third kappa shape index (κ3) is 17.9. The lowest BCUT2D eigenvalue weighted by atomic mass is 10.0. The standard InChI is InChI=1S/C22H42N2O2.C4H6O2/c23-19-15-13-11-9-7-5-3-1-2-4-6-8-10-12-14-16-20-24-21(25)17-18-22(24)26;1-3(2)4(5)6/h1-20,23H2;1H2,2H3,(H,5,6). The van der Waals surface area contributed by atoms with Crippen LogP contribution in [0.25, 0.3) is 0 Å². The van der Waals surface area contributed by atoms with Crippen molar-refractivity contribution in [2.75, 3.05) is 13.1 Å². The maximum atomic E-state index is 11.5. The Balaban J connectivity index is 0.00000140. The van der Waals surface area contributed by atoms with Crippen LogP contribution >= 0.6 is 0 Å². The van der Waals surface area contributed by atoms with Gasteiger partial charge >= 0.3 is 5.97 Å². The summed E-state index contributed by atoms with van der Waals surface area (Å²) in [5.41, 5.74) is 5.67. The first-order chi connectivity index (χ1) is 15.4. The van der Waals surface area contributed by atoms with Crippen LogP contribution in [0.15, 0.2) is 12.2 Å². The molecule has 0 aromatic heterocycles. The van der Waals surface area contributed by atoms with E-state index in [1.165, 1.54) is 102 Å². The number of nitrogens with two attached hydrogens (primary N) is 1. The van der Waals surface area contributed by atoms with Crippen molar-refractivity contribution in [2.24, 2.45) is 5.73 Å². The number of carboxylic acids is 1. The lowest BCUT2D eigenvalue weighted by Crippen LogP contribution is -2.29. The fourth-order valence-corrected chi connectivity index (χ4v) is 3.76. The zero-order chi connectivity index (χ0) is 24.0. The minimum atomic E-state index is -0.935. The van der Waals surface area contributed by atoms with Gasteiger partial charge in [-0.05, 0) is 26.3 Å². The van der Waals surface area contributed by atoms with E-state index in [0.29, 0.717) is 19.4 Å². The number of aliphatic carboxylic acids is 1. The number of carboxylic acid groups (broad SMARTS) is 1. The quantitative estimate of drug-likeness (QED) is 0.143. The Morgan fingerprint density at radius 3 is 1.31 bits per heavy atom. The molecule has 1 saturated heterocycles.